The minimum Gasteiger partial charge on any atom is -0.588 e. The SMILES string of the molecule is CC(C)C[C@@H](C[CH-][OH+][O-])C[N+](=O)[O-].[Na+]. The van der Waals surface area contributed by atoms with Crippen molar-refractivity contribution in [1.82, 2.24) is 0 Å². The monoisotopic (exact) mass is 213 g/mol. The second kappa shape index (κ2) is 9.86. The van der Waals surface area contributed by atoms with Gasteiger partial charge in [0, 0.05) is 10.8 Å². The van der Waals surface area contributed by atoms with Gasteiger partial charge in [-0.1, -0.05) is 13.8 Å². The summed E-state index contributed by atoms with van der Waals surface area (Å²) in [6, 6.07) is 0. The van der Waals surface area contributed by atoms with Crippen LogP contribution in [0.15, 0.2) is 0 Å². The minimum absolute atomic E-state index is 0. The van der Waals surface area contributed by atoms with Crippen molar-refractivity contribution >= 4 is 0 Å². The third kappa shape index (κ3) is 10.4. The van der Waals surface area contributed by atoms with E-state index in [1.807, 2.05) is 13.8 Å². The van der Waals surface area contributed by atoms with Crippen molar-refractivity contribution in [2.45, 2.75) is 26.7 Å². The van der Waals surface area contributed by atoms with Crippen molar-refractivity contribution in [2.75, 3.05) is 6.54 Å². The summed E-state index contributed by atoms with van der Waals surface area (Å²) in [6.07, 6.45) is 1.16. The molecule has 0 heterocycles. The molecule has 5 nitrogen and oxygen atoms in total. The first-order valence-corrected chi connectivity index (χ1v) is 4.32. The van der Waals surface area contributed by atoms with Crippen LogP contribution in [0.5, 0.6) is 0 Å². The van der Waals surface area contributed by atoms with Crippen molar-refractivity contribution in [3.63, 3.8) is 0 Å². The number of hydrogen-bond donors (Lipinski definition) is 0. The van der Waals surface area contributed by atoms with Gasteiger partial charge in [0.15, 0.2) is 0 Å². The molecular weight excluding hydrogens is 197 g/mol. The van der Waals surface area contributed by atoms with Crippen molar-refractivity contribution in [3.8, 4) is 0 Å². The molecule has 0 amide bonds. The van der Waals surface area contributed by atoms with E-state index in [2.05, 4.69) is 4.89 Å². The number of nitro groups is 1. The molecule has 0 saturated carbocycles. The maximum absolute atomic E-state index is 10.2. The van der Waals surface area contributed by atoms with E-state index in [-0.39, 0.29) is 46.9 Å². The summed E-state index contributed by atoms with van der Waals surface area (Å²) in [5, 5.41) is 20.0. The maximum atomic E-state index is 10.2. The molecule has 0 spiro atoms. The van der Waals surface area contributed by atoms with Gasteiger partial charge in [-0.3, -0.25) is 10.1 Å². The fraction of sp³-hybridized carbons (Fsp3) is 0.875. The molecular formula is C8H16NNaO4. The molecule has 0 radical (unpaired) electrons. The van der Waals surface area contributed by atoms with Crippen LogP contribution in [0, 0.1) is 28.6 Å². The second-order valence-electron chi connectivity index (χ2n) is 3.53. The van der Waals surface area contributed by atoms with Gasteiger partial charge in [-0.05, 0) is 18.9 Å². The van der Waals surface area contributed by atoms with Gasteiger partial charge in [0.25, 0.3) is 0 Å². The van der Waals surface area contributed by atoms with Crippen molar-refractivity contribution in [2.24, 2.45) is 11.8 Å². The van der Waals surface area contributed by atoms with Gasteiger partial charge in [0.1, 0.15) is 0 Å². The third-order valence-electron chi connectivity index (χ3n) is 1.73. The van der Waals surface area contributed by atoms with Crippen molar-refractivity contribution in [1.29, 1.82) is 0 Å². The molecule has 0 saturated heterocycles. The molecule has 1 atom stereocenters. The van der Waals surface area contributed by atoms with Crippen LogP contribution in [-0.4, -0.2) is 16.4 Å². The number of aliphatic hydroxyl groups is 1. The van der Waals surface area contributed by atoms with Crippen LogP contribution in [0.4, 0.5) is 0 Å². The quantitative estimate of drug-likeness (QED) is 0.121. The summed E-state index contributed by atoms with van der Waals surface area (Å²) >= 11 is 0. The number of rotatable bonds is 7. The van der Waals surface area contributed by atoms with Crippen LogP contribution >= 0.6 is 0 Å². The van der Waals surface area contributed by atoms with Crippen LogP contribution in [-0.2, 0) is 0 Å². The molecule has 0 aromatic heterocycles. The van der Waals surface area contributed by atoms with E-state index in [9.17, 15) is 15.4 Å². The zero-order chi connectivity index (χ0) is 10.3. The maximum Gasteiger partial charge on any atom is 1.00 e. The van der Waals surface area contributed by atoms with E-state index >= 15 is 0 Å². The average molecular weight is 213 g/mol. The van der Waals surface area contributed by atoms with E-state index in [0.717, 1.165) is 6.42 Å². The normalized spacial score (nSPS) is 12.3. The molecule has 0 unspecified atom stereocenters. The summed E-state index contributed by atoms with van der Waals surface area (Å²) < 4.78 is 0. The Morgan fingerprint density at radius 2 is 2.07 bits per heavy atom. The number of hydrogen-bond acceptors (Lipinski definition) is 3. The molecule has 0 rings (SSSR count). The molecule has 0 aliphatic rings. The zero-order valence-electron chi connectivity index (χ0n) is 8.97. The predicted molar refractivity (Wildman–Crippen MR) is 46.4 cm³/mol. The van der Waals surface area contributed by atoms with Crippen LogP contribution < -0.4 is 34.8 Å². The van der Waals surface area contributed by atoms with Gasteiger partial charge >= 0.3 is 29.6 Å². The van der Waals surface area contributed by atoms with E-state index in [4.69, 9.17) is 0 Å². The molecule has 0 aliphatic heterocycles. The summed E-state index contributed by atoms with van der Waals surface area (Å²) in [4.78, 5) is 12.5. The molecule has 0 bridgehead atoms. The molecule has 1 N–H and O–H groups in total. The fourth-order valence-corrected chi connectivity index (χ4v) is 1.31. The molecule has 78 valence electrons. The van der Waals surface area contributed by atoms with Crippen LogP contribution in [0.3, 0.4) is 0 Å². The fourth-order valence-electron chi connectivity index (χ4n) is 1.31. The Labute approximate surface area is 106 Å². The Morgan fingerprint density at radius 3 is 2.43 bits per heavy atom. The Bertz CT molecular complexity index is 154. The van der Waals surface area contributed by atoms with Crippen molar-refractivity contribution < 1.29 is 44.6 Å². The van der Waals surface area contributed by atoms with Gasteiger partial charge in [-0.25, -0.2) is 0 Å². The molecule has 6 heteroatoms. The van der Waals surface area contributed by atoms with Gasteiger partial charge in [0.05, 0.1) is 0 Å². The summed E-state index contributed by atoms with van der Waals surface area (Å²) in [5.74, 6) is 0.345. The average Bonchev–Trinajstić information content (AvgIpc) is 1.98. The Balaban J connectivity index is 0. The van der Waals surface area contributed by atoms with Crippen LogP contribution in [0.25, 0.3) is 0 Å². The van der Waals surface area contributed by atoms with Crippen LogP contribution in [0.1, 0.15) is 26.7 Å². The minimum atomic E-state index is -0.342. The first-order chi connectivity index (χ1) is 6.06. The van der Waals surface area contributed by atoms with Crippen molar-refractivity contribution in [3.05, 3.63) is 16.7 Å². The zero-order valence-corrected chi connectivity index (χ0v) is 11.0. The Hall–Kier alpha value is 0.320. The molecule has 0 aromatic carbocycles. The van der Waals surface area contributed by atoms with Gasteiger partial charge in [-0.15, -0.1) is 6.42 Å². The summed E-state index contributed by atoms with van der Waals surface area (Å²) in [5.41, 5.74) is 0. The first kappa shape index (κ1) is 16.7. The van der Waals surface area contributed by atoms with Gasteiger partial charge < -0.3 is 10.1 Å². The Morgan fingerprint density at radius 1 is 1.50 bits per heavy atom. The Kier molecular flexibility index (Phi) is 11.8. The standard InChI is InChI=1S/C8H16NO4.Na/c1-7(2)5-8(3-4-13-12)6-9(10)11;/h4,7-8,13H,3,5-6H2,1-2H3;/q-1;+1/t8-;/m1./s1. The van der Waals surface area contributed by atoms with Gasteiger partial charge in [-0.2, -0.15) is 0 Å². The number of nitrogens with zero attached hydrogens (tertiary/aromatic N) is 1. The smallest absolute Gasteiger partial charge is 0.588 e. The first-order valence-electron chi connectivity index (χ1n) is 4.32. The van der Waals surface area contributed by atoms with Crippen LogP contribution in [0.2, 0.25) is 0 Å². The van der Waals surface area contributed by atoms with Gasteiger partial charge in [0.2, 0.25) is 6.54 Å². The van der Waals surface area contributed by atoms with E-state index in [1.54, 1.807) is 0 Å². The van der Waals surface area contributed by atoms with E-state index < -0.39 is 0 Å². The molecule has 0 aliphatic carbocycles. The van der Waals surface area contributed by atoms with E-state index in [1.165, 1.54) is 6.61 Å². The largest absolute Gasteiger partial charge is 1.00 e. The summed E-state index contributed by atoms with van der Waals surface area (Å²) in [6.45, 7) is 5.13. The second-order valence-corrected chi connectivity index (χ2v) is 3.53. The third-order valence-corrected chi connectivity index (χ3v) is 1.73. The topological polar surface area (TPSA) is 79.0 Å². The predicted octanol–water partition coefficient (Wildman–Crippen LogP) is -2.15. The summed E-state index contributed by atoms with van der Waals surface area (Å²) in [7, 11) is 0. The van der Waals surface area contributed by atoms with E-state index in [0.29, 0.717) is 12.3 Å². The molecule has 14 heavy (non-hydrogen) atoms. The molecule has 0 fully saturated rings. The molecule has 0 aromatic rings.